The maximum atomic E-state index is 12.9. The fraction of sp³-hybridized carbons (Fsp3) is 0.500. The second kappa shape index (κ2) is 5.78. The van der Waals surface area contributed by atoms with Gasteiger partial charge in [0.1, 0.15) is 0 Å². The largest absolute Gasteiger partial charge is 0.222 e. The molecule has 0 atom stereocenters. The Morgan fingerprint density at radius 1 is 1.30 bits per heavy atom. The lowest BCUT2D eigenvalue weighted by atomic mass is 9.83. The van der Waals surface area contributed by atoms with Crippen molar-refractivity contribution in [1.29, 1.82) is 5.26 Å². The predicted octanol–water partition coefficient (Wildman–Crippen LogP) is 4.46. The highest BCUT2D eigenvalue weighted by Gasteiger charge is 2.47. The molecule has 108 valence electrons. The van der Waals surface area contributed by atoms with Crippen molar-refractivity contribution in [3.8, 4) is 6.07 Å². The highest BCUT2D eigenvalue weighted by molar-refractivity contribution is 9.11. The van der Waals surface area contributed by atoms with Gasteiger partial charge in [-0.3, -0.25) is 0 Å². The summed E-state index contributed by atoms with van der Waals surface area (Å²) in [4.78, 5) is 0.197. The lowest BCUT2D eigenvalue weighted by molar-refractivity contribution is 0.345. The van der Waals surface area contributed by atoms with E-state index in [-0.39, 0.29) is 4.90 Å². The minimum absolute atomic E-state index is 0.197. The number of sulfone groups is 1. The molecule has 1 fully saturated rings. The van der Waals surface area contributed by atoms with Gasteiger partial charge in [-0.15, -0.1) is 0 Å². The summed E-state index contributed by atoms with van der Waals surface area (Å²) in [5.74, 6) is 0.484. The molecule has 1 saturated carbocycles. The molecular formula is C14H15Br2NO2S. The van der Waals surface area contributed by atoms with Crippen molar-refractivity contribution in [2.75, 3.05) is 0 Å². The van der Waals surface area contributed by atoms with Crippen LogP contribution in [0.5, 0.6) is 0 Å². The monoisotopic (exact) mass is 419 g/mol. The standard InChI is InChI=1S/C14H15Br2NO2S/c1-10-4-6-14(9-17,7-5-10)20(18,19)13-8-11(15)2-3-12(13)16/h2-3,8,10H,4-7H2,1H3. The van der Waals surface area contributed by atoms with Gasteiger partial charge in [0.15, 0.2) is 14.6 Å². The smallest absolute Gasteiger partial charge is 0.198 e. The van der Waals surface area contributed by atoms with Crippen LogP contribution in [0.1, 0.15) is 32.6 Å². The number of nitriles is 1. The van der Waals surface area contributed by atoms with Crippen molar-refractivity contribution in [2.45, 2.75) is 42.2 Å². The summed E-state index contributed by atoms with van der Waals surface area (Å²) in [6, 6.07) is 7.12. The fourth-order valence-corrected chi connectivity index (χ4v) is 5.88. The summed E-state index contributed by atoms with van der Waals surface area (Å²) >= 11 is 6.58. The molecule has 1 aromatic carbocycles. The second-order valence-corrected chi connectivity index (χ2v) is 9.36. The zero-order chi connectivity index (χ0) is 15.0. The molecule has 20 heavy (non-hydrogen) atoms. The van der Waals surface area contributed by atoms with Gasteiger partial charge < -0.3 is 0 Å². The zero-order valence-electron chi connectivity index (χ0n) is 11.1. The van der Waals surface area contributed by atoms with Gasteiger partial charge in [0, 0.05) is 8.95 Å². The number of hydrogen-bond acceptors (Lipinski definition) is 3. The van der Waals surface area contributed by atoms with E-state index in [4.69, 9.17) is 0 Å². The Bertz CT molecular complexity index is 656. The van der Waals surface area contributed by atoms with Crippen LogP contribution in [0.2, 0.25) is 0 Å². The molecule has 0 N–H and O–H groups in total. The normalized spacial score (nSPS) is 27.0. The Kier molecular flexibility index (Phi) is 4.63. The Morgan fingerprint density at radius 2 is 1.90 bits per heavy atom. The van der Waals surface area contributed by atoms with Gasteiger partial charge in [0.25, 0.3) is 0 Å². The topological polar surface area (TPSA) is 57.9 Å². The number of rotatable bonds is 2. The second-order valence-electron chi connectivity index (χ2n) is 5.37. The first-order valence-electron chi connectivity index (χ1n) is 6.43. The van der Waals surface area contributed by atoms with Crippen LogP contribution >= 0.6 is 31.9 Å². The molecule has 0 aromatic heterocycles. The highest BCUT2D eigenvalue weighted by Crippen LogP contribution is 2.42. The number of benzene rings is 1. The lowest BCUT2D eigenvalue weighted by Crippen LogP contribution is -2.40. The third kappa shape index (κ3) is 2.68. The first-order chi connectivity index (χ1) is 9.32. The molecule has 0 radical (unpaired) electrons. The average Bonchev–Trinajstić information content (AvgIpc) is 2.42. The predicted molar refractivity (Wildman–Crippen MR) is 85.0 cm³/mol. The van der Waals surface area contributed by atoms with E-state index in [2.05, 4.69) is 44.9 Å². The molecule has 1 aliphatic rings. The van der Waals surface area contributed by atoms with Crippen LogP contribution in [-0.2, 0) is 9.84 Å². The molecular weight excluding hydrogens is 406 g/mol. The van der Waals surface area contributed by atoms with Gasteiger partial charge in [-0.25, -0.2) is 8.42 Å². The molecule has 6 heteroatoms. The minimum atomic E-state index is -3.69. The van der Waals surface area contributed by atoms with Crippen molar-refractivity contribution in [3.63, 3.8) is 0 Å². The molecule has 0 spiro atoms. The van der Waals surface area contributed by atoms with Crippen molar-refractivity contribution >= 4 is 41.7 Å². The summed E-state index contributed by atoms with van der Waals surface area (Å²) in [7, 11) is -3.69. The average molecular weight is 421 g/mol. The SMILES string of the molecule is CC1CCC(C#N)(S(=O)(=O)c2cc(Br)ccc2Br)CC1. The van der Waals surface area contributed by atoms with E-state index in [1.165, 1.54) is 0 Å². The van der Waals surface area contributed by atoms with Crippen LogP contribution in [0.25, 0.3) is 0 Å². The lowest BCUT2D eigenvalue weighted by Gasteiger charge is -2.33. The van der Waals surface area contributed by atoms with Crippen LogP contribution in [-0.4, -0.2) is 13.2 Å². The van der Waals surface area contributed by atoms with E-state index in [1.54, 1.807) is 18.2 Å². The fourth-order valence-electron chi connectivity index (χ4n) is 2.56. The molecule has 0 bridgehead atoms. The third-order valence-corrected chi connectivity index (χ3v) is 7.88. The highest BCUT2D eigenvalue weighted by atomic mass is 79.9. The van der Waals surface area contributed by atoms with Crippen LogP contribution in [0.4, 0.5) is 0 Å². The summed E-state index contributed by atoms with van der Waals surface area (Å²) in [6.07, 6.45) is 2.37. The van der Waals surface area contributed by atoms with Crippen LogP contribution in [0.3, 0.4) is 0 Å². The van der Waals surface area contributed by atoms with E-state index in [0.29, 0.717) is 27.7 Å². The summed E-state index contributed by atoms with van der Waals surface area (Å²) in [5, 5.41) is 9.53. The van der Waals surface area contributed by atoms with Crippen LogP contribution in [0.15, 0.2) is 32.0 Å². The molecule has 1 aromatic rings. The van der Waals surface area contributed by atoms with Crippen molar-refractivity contribution in [1.82, 2.24) is 0 Å². The number of hydrogen-bond donors (Lipinski definition) is 0. The number of halogens is 2. The molecule has 0 saturated heterocycles. The van der Waals surface area contributed by atoms with E-state index >= 15 is 0 Å². The molecule has 0 aliphatic heterocycles. The Morgan fingerprint density at radius 3 is 2.45 bits per heavy atom. The molecule has 0 heterocycles. The molecule has 2 rings (SSSR count). The van der Waals surface area contributed by atoms with Crippen molar-refractivity contribution < 1.29 is 8.42 Å². The quantitative estimate of drug-likeness (QED) is 0.709. The number of nitrogens with zero attached hydrogens (tertiary/aromatic N) is 1. The molecule has 3 nitrogen and oxygen atoms in total. The van der Waals surface area contributed by atoms with Gasteiger partial charge in [-0.1, -0.05) is 22.9 Å². The van der Waals surface area contributed by atoms with E-state index in [0.717, 1.165) is 12.8 Å². The van der Waals surface area contributed by atoms with Gasteiger partial charge >= 0.3 is 0 Å². The maximum Gasteiger partial charge on any atom is 0.198 e. The molecule has 0 unspecified atom stereocenters. The minimum Gasteiger partial charge on any atom is -0.222 e. The van der Waals surface area contributed by atoms with Gasteiger partial charge in [-0.2, -0.15) is 5.26 Å². The summed E-state index contributed by atoms with van der Waals surface area (Å²) in [5.41, 5.74) is 0. The Hall–Kier alpha value is -0.380. The van der Waals surface area contributed by atoms with E-state index in [1.807, 2.05) is 0 Å². The summed E-state index contributed by atoms with van der Waals surface area (Å²) < 4.78 is 25.8. The first kappa shape index (κ1) is 16.0. The first-order valence-corrected chi connectivity index (χ1v) is 9.50. The van der Waals surface area contributed by atoms with Crippen molar-refractivity contribution in [2.24, 2.45) is 5.92 Å². The Labute approximate surface area is 136 Å². The van der Waals surface area contributed by atoms with Gasteiger partial charge in [0.2, 0.25) is 0 Å². The van der Waals surface area contributed by atoms with Gasteiger partial charge in [-0.05, 0) is 65.7 Å². The maximum absolute atomic E-state index is 12.9. The van der Waals surface area contributed by atoms with E-state index in [9.17, 15) is 13.7 Å². The van der Waals surface area contributed by atoms with Crippen LogP contribution < -0.4 is 0 Å². The van der Waals surface area contributed by atoms with Crippen molar-refractivity contribution in [3.05, 3.63) is 27.1 Å². The van der Waals surface area contributed by atoms with E-state index < -0.39 is 14.6 Å². The molecule has 1 aliphatic carbocycles. The molecule has 0 amide bonds. The van der Waals surface area contributed by atoms with Gasteiger partial charge in [0.05, 0.1) is 11.0 Å². The summed E-state index contributed by atoms with van der Waals surface area (Å²) in [6.45, 7) is 2.10. The Balaban J connectivity index is 2.53. The van der Waals surface area contributed by atoms with Crippen LogP contribution in [0, 0.1) is 17.2 Å². The third-order valence-electron chi connectivity index (χ3n) is 3.98. The zero-order valence-corrected chi connectivity index (χ0v) is 15.1.